The van der Waals surface area contributed by atoms with Crippen molar-refractivity contribution in [3.05, 3.63) is 0 Å². The molecule has 0 aromatic carbocycles. The molecule has 0 aromatic heterocycles. The van der Waals surface area contributed by atoms with E-state index in [0.29, 0.717) is 5.92 Å². The molecule has 1 nitrogen and oxygen atoms in total. The molecule has 74 valence electrons. The van der Waals surface area contributed by atoms with E-state index in [-0.39, 0.29) is 0 Å². The number of hydrogen-bond acceptors (Lipinski definition) is 1. The highest BCUT2D eigenvalue weighted by molar-refractivity contribution is 5.58. The van der Waals surface area contributed by atoms with Gasteiger partial charge in [0.25, 0.3) is 0 Å². The minimum Gasteiger partial charge on any atom is -0.303 e. The maximum atomic E-state index is 10.8. The summed E-state index contributed by atoms with van der Waals surface area (Å²) in [6.45, 7) is 0. The first-order valence-electron chi connectivity index (χ1n) is 6.37. The smallest absolute Gasteiger partial charge is 0.123 e. The van der Waals surface area contributed by atoms with Crippen LogP contribution in [-0.2, 0) is 4.79 Å². The van der Waals surface area contributed by atoms with Gasteiger partial charge in [0, 0.05) is 5.92 Å². The van der Waals surface area contributed by atoms with Crippen LogP contribution >= 0.6 is 0 Å². The highest BCUT2D eigenvalue weighted by Crippen LogP contribution is 2.83. The average Bonchev–Trinajstić information content (AvgIpc) is 2.13. The monoisotopic (exact) mass is 188 g/mol. The minimum absolute atomic E-state index is 0.487. The molecule has 0 N–H and O–H groups in total. The van der Waals surface area contributed by atoms with Crippen LogP contribution < -0.4 is 0 Å². The predicted molar refractivity (Wildman–Crippen MR) is 51.3 cm³/mol. The Labute approximate surface area is 84.3 Å². The molecule has 0 saturated heterocycles. The second-order valence-electron chi connectivity index (χ2n) is 6.49. The van der Waals surface area contributed by atoms with E-state index in [1.807, 2.05) is 0 Å². The molecule has 5 rings (SSSR count). The summed E-state index contributed by atoms with van der Waals surface area (Å²) < 4.78 is 0. The first kappa shape index (κ1) is 7.03. The van der Waals surface area contributed by atoms with E-state index in [0.717, 1.165) is 47.3 Å². The van der Waals surface area contributed by atoms with Gasteiger partial charge in [-0.15, -0.1) is 0 Å². The Morgan fingerprint density at radius 2 is 1.43 bits per heavy atom. The van der Waals surface area contributed by atoms with Crippen LogP contribution in [-0.4, -0.2) is 6.29 Å². The predicted octanol–water partition coefficient (Wildman–Crippen LogP) is 1.97. The fraction of sp³-hybridized carbons (Fsp3) is 0.923. The largest absolute Gasteiger partial charge is 0.303 e. The van der Waals surface area contributed by atoms with Crippen LogP contribution in [0.15, 0.2) is 0 Å². The van der Waals surface area contributed by atoms with Gasteiger partial charge in [-0.1, -0.05) is 0 Å². The lowest BCUT2D eigenvalue weighted by Gasteiger charge is -2.84. The molecular formula is C13H16O. The van der Waals surface area contributed by atoms with Gasteiger partial charge >= 0.3 is 0 Å². The Kier molecular flexibility index (Phi) is 0.921. The van der Waals surface area contributed by atoms with Crippen molar-refractivity contribution in [2.75, 3.05) is 0 Å². The van der Waals surface area contributed by atoms with Crippen molar-refractivity contribution in [2.45, 2.75) is 19.3 Å². The van der Waals surface area contributed by atoms with Crippen molar-refractivity contribution in [3.8, 4) is 0 Å². The second-order valence-corrected chi connectivity index (χ2v) is 6.49. The number of carbonyl (C=O) groups is 1. The number of aldehydes is 1. The SMILES string of the molecule is O=C[C@H]1C[C@H]2[C@@H]3[C@H]4[C@@H]5CC[C@@H]5[C@@H]4[C@H]3[C@@H]21. The molecule has 14 heavy (non-hydrogen) atoms. The molecule has 0 aliphatic heterocycles. The number of carbonyl (C=O) groups excluding carboxylic acids is 1. The molecule has 0 radical (unpaired) electrons. The summed E-state index contributed by atoms with van der Waals surface area (Å²) in [5.74, 6) is 9.10. The topological polar surface area (TPSA) is 17.1 Å². The van der Waals surface area contributed by atoms with Gasteiger partial charge in [0.2, 0.25) is 0 Å². The molecule has 0 heterocycles. The van der Waals surface area contributed by atoms with Gasteiger partial charge in [0.15, 0.2) is 0 Å². The zero-order chi connectivity index (χ0) is 9.02. The molecule has 0 unspecified atom stereocenters. The molecule has 0 spiro atoms. The molecule has 0 amide bonds. The molecule has 1 heteroatoms. The number of hydrogen-bond donors (Lipinski definition) is 0. The lowest BCUT2D eigenvalue weighted by molar-refractivity contribution is -0.369. The summed E-state index contributed by atoms with van der Waals surface area (Å²) in [5, 5.41) is 0. The standard InChI is InChI=1S/C13H16O/c14-4-5-3-8-9(5)13-11-7-2-1-6(7)10(11)12(8)13/h4-13H,1-3H2/t5-,6-,7+,8-,9-,10+,11+,12-,13-/m1/s1. The van der Waals surface area contributed by atoms with Crippen LogP contribution in [0.3, 0.4) is 0 Å². The van der Waals surface area contributed by atoms with Gasteiger partial charge in [-0.25, -0.2) is 0 Å². The lowest BCUT2D eigenvalue weighted by Crippen LogP contribution is -2.80. The van der Waals surface area contributed by atoms with E-state index in [1.54, 1.807) is 6.42 Å². The lowest BCUT2D eigenvalue weighted by atomic mass is 9.20. The summed E-state index contributed by atoms with van der Waals surface area (Å²) >= 11 is 0. The summed E-state index contributed by atoms with van der Waals surface area (Å²) in [6, 6.07) is 0. The summed E-state index contributed by atoms with van der Waals surface area (Å²) in [6.07, 6.45) is 5.58. The molecule has 0 aromatic rings. The second kappa shape index (κ2) is 1.83. The Bertz CT molecular complexity index is 330. The molecule has 9 atom stereocenters. The zero-order valence-corrected chi connectivity index (χ0v) is 8.30. The van der Waals surface area contributed by atoms with Crippen molar-refractivity contribution in [3.63, 3.8) is 0 Å². The molecule has 5 saturated carbocycles. The maximum absolute atomic E-state index is 10.8. The van der Waals surface area contributed by atoms with Crippen LogP contribution in [0.4, 0.5) is 0 Å². The van der Waals surface area contributed by atoms with E-state index in [1.165, 1.54) is 19.1 Å². The number of fused-ring (bicyclic) bond motifs is 10. The van der Waals surface area contributed by atoms with Crippen molar-refractivity contribution in [2.24, 2.45) is 53.3 Å². The third-order valence-electron chi connectivity index (χ3n) is 6.80. The fourth-order valence-corrected chi connectivity index (χ4v) is 6.20. The minimum atomic E-state index is 0.487. The molecule has 5 fully saturated rings. The molecule has 5 aliphatic carbocycles. The van der Waals surface area contributed by atoms with Crippen LogP contribution in [0.5, 0.6) is 0 Å². The van der Waals surface area contributed by atoms with Gasteiger partial charge in [-0.3, -0.25) is 0 Å². The zero-order valence-electron chi connectivity index (χ0n) is 8.30. The highest BCUT2D eigenvalue weighted by Gasteiger charge is 2.79. The molecule has 5 aliphatic rings. The first-order chi connectivity index (χ1) is 6.92. The summed E-state index contributed by atoms with van der Waals surface area (Å²) in [5.41, 5.74) is 0. The highest BCUT2D eigenvalue weighted by atomic mass is 16.1. The quantitative estimate of drug-likeness (QED) is 0.454. The van der Waals surface area contributed by atoms with Gasteiger partial charge in [0.05, 0.1) is 0 Å². The maximum Gasteiger partial charge on any atom is 0.123 e. The van der Waals surface area contributed by atoms with Gasteiger partial charge in [-0.05, 0) is 66.6 Å². The van der Waals surface area contributed by atoms with E-state index < -0.39 is 0 Å². The van der Waals surface area contributed by atoms with E-state index in [9.17, 15) is 4.79 Å². The van der Waals surface area contributed by atoms with Crippen LogP contribution in [0.2, 0.25) is 0 Å². The van der Waals surface area contributed by atoms with Crippen molar-refractivity contribution in [1.82, 2.24) is 0 Å². The third kappa shape index (κ3) is 0.445. The van der Waals surface area contributed by atoms with E-state index in [2.05, 4.69) is 0 Å². The van der Waals surface area contributed by atoms with Crippen molar-refractivity contribution >= 4 is 6.29 Å². The van der Waals surface area contributed by atoms with Gasteiger partial charge < -0.3 is 4.79 Å². The van der Waals surface area contributed by atoms with E-state index >= 15 is 0 Å². The van der Waals surface area contributed by atoms with Crippen molar-refractivity contribution < 1.29 is 4.79 Å². The van der Waals surface area contributed by atoms with Crippen molar-refractivity contribution in [1.29, 1.82) is 0 Å². The fourth-order valence-electron chi connectivity index (χ4n) is 6.20. The summed E-state index contributed by atoms with van der Waals surface area (Å²) in [4.78, 5) is 10.8. The van der Waals surface area contributed by atoms with Gasteiger partial charge in [0.1, 0.15) is 6.29 Å². The molecule has 0 bridgehead atoms. The van der Waals surface area contributed by atoms with Crippen LogP contribution in [0.1, 0.15) is 19.3 Å². The number of rotatable bonds is 1. The average molecular weight is 188 g/mol. The molecular weight excluding hydrogens is 172 g/mol. The van der Waals surface area contributed by atoms with Gasteiger partial charge in [-0.2, -0.15) is 0 Å². The van der Waals surface area contributed by atoms with Crippen LogP contribution in [0.25, 0.3) is 0 Å². The Hall–Kier alpha value is -0.330. The summed E-state index contributed by atoms with van der Waals surface area (Å²) in [7, 11) is 0. The Balaban J connectivity index is 1.45. The first-order valence-corrected chi connectivity index (χ1v) is 6.37. The third-order valence-corrected chi connectivity index (χ3v) is 6.80. The van der Waals surface area contributed by atoms with E-state index in [4.69, 9.17) is 0 Å². The normalized spacial score (nSPS) is 75.3. The Morgan fingerprint density at radius 1 is 0.786 bits per heavy atom. The van der Waals surface area contributed by atoms with Crippen LogP contribution in [0, 0.1) is 53.3 Å². The Morgan fingerprint density at radius 3 is 2.07 bits per heavy atom.